The summed E-state index contributed by atoms with van der Waals surface area (Å²) in [6.07, 6.45) is -2.91. The van der Waals surface area contributed by atoms with Crippen molar-refractivity contribution in [3.8, 4) is 6.07 Å². The molecular weight excluding hydrogens is 229 g/mol. The lowest BCUT2D eigenvalue weighted by Crippen LogP contribution is -2.06. The van der Waals surface area contributed by atoms with Crippen molar-refractivity contribution in [1.82, 2.24) is 4.90 Å². The fourth-order valence-electron chi connectivity index (χ4n) is 1.29. The molecule has 5 heteroatoms. The number of rotatable bonds is 2. The van der Waals surface area contributed by atoms with Crippen LogP contribution in [0.4, 0.5) is 13.2 Å². The molecule has 17 heavy (non-hydrogen) atoms. The molecule has 0 saturated carbocycles. The lowest BCUT2D eigenvalue weighted by Gasteiger charge is -2.10. The molecule has 0 aliphatic rings. The van der Waals surface area contributed by atoms with Crippen LogP contribution in [0.15, 0.2) is 30.5 Å². The van der Waals surface area contributed by atoms with Gasteiger partial charge < -0.3 is 4.90 Å². The summed E-state index contributed by atoms with van der Waals surface area (Å²) in [5, 5.41) is 8.90. The number of benzene rings is 1. The van der Waals surface area contributed by atoms with Gasteiger partial charge in [0.25, 0.3) is 0 Å². The first-order valence-electron chi connectivity index (χ1n) is 4.80. The molecule has 0 radical (unpaired) electrons. The Morgan fingerprint density at radius 1 is 1.35 bits per heavy atom. The lowest BCUT2D eigenvalue weighted by molar-refractivity contribution is -0.137. The number of hydrogen-bond donors (Lipinski definition) is 0. The molecule has 0 aliphatic carbocycles. The molecule has 0 spiro atoms. The summed E-state index contributed by atoms with van der Waals surface area (Å²) >= 11 is 0. The zero-order valence-corrected chi connectivity index (χ0v) is 9.42. The molecule has 0 aliphatic heterocycles. The van der Waals surface area contributed by atoms with Crippen molar-refractivity contribution in [2.24, 2.45) is 0 Å². The highest BCUT2D eigenvalue weighted by Crippen LogP contribution is 2.30. The molecular formula is C12H11F3N2. The minimum atomic E-state index is -4.39. The molecule has 0 saturated heterocycles. The van der Waals surface area contributed by atoms with Crippen molar-refractivity contribution in [1.29, 1.82) is 5.26 Å². The van der Waals surface area contributed by atoms with Gasteiger partial charge in [-0.15, -0.1) is 0 Å². The Bertz CT molecular complexity index is 467. The molecule has 1 rings (SSSR count). The Morgan fingerprint density at radius 2 is 2.00 bits per heavy atom. The van der Waals surface area contributed by atoms with Gasteiger partial charge in [-0.2, -0.15) is 18.4 Å². The van der Waals surface area contributed by atoms with Crippen molar-refractivity contribution in [3.05, 3.63) is 41.6 Å². The van der Waals surface area contributed by atoms with Crippen molar-refractivity contribution >= 4 is 5.57 Å². The standard InChI is InChI=1S/C12H11F3N2/c1-17(2)8-10(7-16)9-4-3-5-11(6-9)12(13,14)15/h3-6,8H,1-2H3/b10-8+. The third-order valence-electron chi connectivity index (χ3n) is 2.01. The molecule has 0 aromatic heterocycles. The molecule has 1 aromatic carbocycles. The monoisotopic (exact) mass is 240 g/mol. The summed E-state index contributed by atoms with van der Waals surface area (Å²) in [5.74, 6) is 0. The number of allylic oxidation sites excluding steroid dienone is 1. The number of hydrogen-bond acceptors (Lipinski definition) is 2. The summed E-state index contributed by atoms with van der Waals surface area (Å²) in [5.41, 5.74) is -0.299. The molecule has 0 amide bonds. The maximum absolute atomic E-state index is 12.5. The van der Waals surface area contributed by atoms with Crippen LogP contribution in [0.25, 0.3) is 5.57 Å². The topological polar surface area (TPSA) is 27.0 Å². The fraction of sp³-hybridized carbons (Fsp3) is 0.250. The van der Waals surface area contributed by atoms with Crippen LogP contribution in [0.3, 0.4) is 0 Å². The first-order chi connectivity index (χ1) is 7.84. The highest BCUT2D eigenvalue weighted by atomic mass is 19.4. The van der Waals surface area contributed by atoms with Gasteiger partial charge in [-0.1, -0.05) is 12.1 Å². The van der Waals surface area contributed by atoms with E-state index in [1.54, 1.807) is 19.0 Å². The zero-order valence-electron chi connectivity index (χ0n) is 9.42. The summed E-state index contributed by atoms with van der Waals surface area (Å²) in [7, 11) is 3.40. The zero-order chi connectivity index (χ0) is 13.1. The van der Waals surface area contributed by atoms with Crippen molar-refractivity contribution in [2.75, 3.05) is 14.1 Å². The summed E-state index contributed by atoms with van der Waals surface area (Å²) in [6.45, 7) is 0. The van der Waals surface area contributed by atoms with E-state index in [0.29, 0.717) is 0 Å². The maximum Gasteiger partial charge on any atom is 0.416 e. The van der Waals surface area contributed by atoms with Gasteiger partial charge >= 0.3 is 6.18 Å². The molecule has 0 bridgehead atoms. The smallest absolute Gasteiger partial charge is 0.382 e. The van der Waals surface area contributed by atoms with E-state index in [1.807, 2.05) is 6.07 Å². The van der Waals surface area contributed by atoms with Crippen LogP contribution in [-0.4, -0.2) is 19.0 Å². The summed E-state index contributed by atoms with van der Waals surface area (Å²) < 4.78 is 37.5. The van der Waals surface area contributed by atoms with E-state index in [0.717, 1.165) is 12.1 Å². The van der Waals surface area contributed by atoms with E-state index in [4.69, 9.17) is 5.26 Å². The minimum Gasteiger partial charge on any atom is -0.382 e. The molecule has 0 heterocycles. The second kappa shape index (κ2) is 4.91. The van der Waals surface area contributed by atoms with Gasteiger partial charge in [-0.05, 0) is 17.7 Å². The molecule has 0 N–H and O–H groups in total. The minimum absolute atomic E-state index is 0.195. The van der Waals surface area contributed by atoms with Crippen LogP contribution in [-0.2, 0) is 6.18 Å². The quantitative estimate of drug-likeness (QED) is 0.742. The van der Waals surface area contributed by atoms with Crippen molar-refractivity contribution in [3.63, 3.8) is 0 Å². The second-order valence-corrected chi connectivity index (χ2v) is 3.70. The molecule has 0 atom stereocenters. The third-order valence-corrected chi connectivity index (χ3v) is 2.01. The maximum atomic E-state index is 12.5. The van der Waals surface area contributed by atoms with Gasteiger partial charge in [0.1, 0.15) is 6.07 Å². The molecule has 0 unspecified atom stereocenters. The van der Waals surface area contributed by atoms with Crippen LogP contribution >= 0.6 is 0 Å². The van der Waals surface area contributed by atoms with E-state index < -0.39 is 11.7 Å². The Kier molecular flexibility index (Phi) is 3.79. The van der Waals surface area contributed by atoms with E-state index in [2.05, 4.69) is 0 Å². The van der Waals surface area contributed by atoms with Crippen molar-refractivity contribution < 1.29 is 13.2 Å². The van der Waals surface area contributed by atoms with Gasteiger partial charge in [0, 0.05) is 20.3 Å². The van der Waals surface area contributed by atoms with E-state index in [9.17, 15) is 13.2 Å². The van der Waals surface area contributed by atoms with E-state index >= 15 is 0 Å². The Balaban J connectivity index is 3.20. The van der Waals surface area contributed by atoms with Gasteiger partial charge in [0.15, 0.2) is 0 Å². The number of alkyl halides is 3. The first-order valence-corrected chi connectivity index (χ1v) is 4.80. The molecule has 2 nitrogen and oxygen atoms in total. The fourth-order valence-corrected chi connectivity index (χ4v) is 1.29. The van der Waals surface area contributed by atoms with Crippen LogP contribution in [0.1, 0.15) is 11.1 Å². The van der Waals surface area contributed by atoms with Crippen LogP contribution in [0, 0.1) is 11.3 Å². The number of nitriles is 1. The van der Waals surface area contributed by atoms with Crippen LogP contribution < -0.4 is 0 Å². The Morgan fingerprint density at radius 3 is 2.47 bits per heavy atom. The Labute approximate surface area is 97.6 Å². The van der Waals surface area contributed by atoms with Crippen molar-refractivity contribution in [2.45, 2.75) is 6.18 Å². The van der Waals surface area contributed by atoms with Crippen LogP contribution in [0.2, 0.25) is 0 Å². The lowest BCUT2D eigenvalue weighted by atomic mass is 10.0. The largest absolute Gasteiger partial charge is 0.416 e. The van der Waals surface area contributed by atoms with Gasteiger partial charge in [-0.25, -0.2) is 0 Å². The normalized spacial score (nSPS) is 12.1. The predicted octanol–water partition coefficient (Wildman–Crippen LogP) is 3.13. The number of nitrogens with zero attached hydrogens (tertiary/aromatic N) is 2. The average Bonchev–Trinajstić information content (AvgIpc) is 2.24. The number of halogens is 3. The van der Waals surface area contributed by atoms with Crippen LogP contribution in [0.5, 0.6) is 0 Å². The SMILES string of the molecule is CN(C)/C=C(\C#N)c1cccc(C(F)(F)F)c1. The highest BCUT2D eigenvalue weighted by Gasteiger charge is 2.30. The molecule has 0 fully saturated rings. The second-order valence-electron chi connectivity index (χ2n) is 3.70. The summed E-state index contributed by atoms with van der Waals surface area (Å²) in [6, 6.07) is 6.60. The predicted molar refractivity (Wildman–Crippen MR) is 58.7 cm³/mol. The highest BCUT2D eigenvalue weighted by molar-refractivity contribution is 5.76. The summed E-state index contributed by atoms with van der Waals surface area (Å²) in [4.78, 5) is 1.61. The Hall–Kier alpha value is -1.96. The van der Waals surface area contributed by atoms with Gasteiger partial charge in [0.2, 0.25) is 0 Å². The molecule has 90 valence electrons. The van der Waals surface area contributed by atoms with E-state index in [-0.39, 0.29) is 11.1 Å². The molecule has 1 aromatic rings. The van der Waals surface area contributed by atoms with Gasteiger partial charge in [0.05, 0.1) is 11.1 Å². The van der Waals surface area contributed by atoms with E-state index in [1.165, 1.54) is 18.3 Å². The first kappa shape index (κ1) is 13.1. The van der Waals surface area contributed by atoms with Gasteiger partial charge in [-0.3, -0.25) is 0 Å². The third kappa shape index (κ3) is 3.52. The average molecular weight is 240 g/mol.